The minimum atomic E-state index is -1.09. The molecule has 9 nitrogen and oxygen atoms in total. The van der Waals surface area contributed by atoms with E-state index in [-0.39, 0.29) is 25.2 Å². The Kier molecular flexibility index (Phi) is 13.8. The van der Waals surface area contributed by atoms with Crippen LogP contribution in [0.3, 0.4) is 0 Å². The van der Waals surface area contributed by atoms with Gasteiger partial charge in [0.25, 0.3) is 0 Å². The molecule has 0 saturated heterocycles. The number of aliphatic hydroxyl groups excluding tert-OH is 2. The van der Waals surface area contributed by atoms with Crippen LogP contribution in [-0.2, 0) is 41.6 Å². The number of hydrogen-bond acceptors (Lipinski definition) is 8. The van der Waals surface area contributed by atoms with Crippen molar-refractivity contribution in [3.8, 4) is 0 Å². The molecule has 1 aromatic rings. The van der Waals surface area contributed by atoms with E-state index in [1.54, 1.807) is 19.3 Å². The van der Waals surface area contributed by atoms with Gasteiger partial charge in [0.05, 0.1) is 38.8 Å². The van der Waals surface area contributed by atoms with Crippen LogP contribution in [0.15, 0.2) is 47.7 Å². The smallest absolute Gasteiger partial charge is 0.311 e. The van der Waals surface area contributed by atoms with Crippen LogP contribution in [0.5, 0.6) is 0 Å². The molecule has 0 spiro atoms. The second-order valence-corrected chi connectivity index (χ2v) is 9.51. The van der Waals surface area contributed by atoms with E-state index in [1.165, 1.54) is 7.11 Å². The predicted molar refractivity (Wildman–Crippen MR) is 140 cm³/mol. The van der Waals surface area contributed by atoms with Gasteiger partial charge in [-0.25, -0.2) is 0 Å². The van der Waals surface area contributed by atoms with E-state index in [0.717, 1.165) is 36.0 Å². The van der Waals surface area contributed by atoms with Crippen molar-refractivity contribution in [3.63, 3.8) is 0 Å². The molecule has 3 N–H and O–H groups in total. The third-order valence-electron chi connectivity index (χ3n) is 6.44. The molecule has 0 saturated carbocycles. The van der Waals surface area contributed by atoms with Crippen LogP contribution >= 0.6 is 0 Å². The first-order chi connectivity index (χ1) is 18.2. The van der Waals surface area contributed by atoms with E-state index in [0.29, 0.717) is 38.0 Å². The third kappa shape index (κ3) is 11.2. The van der Waals surface area contributed by atoms with E-state index >= 15 is 0 Å². The number of carbonyl (C=O) groups is 3. The molecule has 0 heterocycles. The first-order valence-corrected chi connectivity index (χ1v) is 13.1. The maximum atomic E-state index is 12.2. The van der Waals surface area contributed by atoms with Crippen molar-refractivity contribution >= 4 is 17.9 Å². The molecular formula is C29H40O9. The molecular weight excluding hydrogens is 492 g/mol. The Morgan fingerprint density at radius 1 is 1.03 bits per heavy atom. The second kappa shape index (κ2) is 16.8. The Hall–Kier alpha value is -3.01. The lowest BCUT2D eigenvalue weighted by atomic mass is 9.93. The Labute approximate surface area is 224 Å². The fraction of sp³-hybridized carbons (Fsp3) is 0.552. The molecule has 0 fully saturated rings. The molecule has 1 aliphatic rings. The van der Waals surface area contributed by atoms with Gasteiger partial charge in [0, 0.05) is 32.3 Å². The van der Waals surface area contributed by atoms with Crippen LogP contribution in [0.4, 0.5) is 0 Å². The number of aliphatic carboxylic acids is 1. The average molecular weight is 533 g/mol. The number of benzene rings is 1. The molecule has 0 aromatic heterocycles. The van der Waals surface area contributed by atoms with Gasteiger partial charge >= 0.3 is 17.9 Å². The fourth-order valence-corrected chi connectivity index (χ4v) is 4.53. The van der Waals surface area contributed by atoms with E-state index in [2.05, 4.69) is 4.74 Å². The molecule has 1 aromatic carbocycles. The number of hydrogen-bond donors (Lipinski definition) is 3. The minimum Gasteiger partial charge on any atom is -0.481 e. The fourth-order valence-electron chi connectivity index (χ4n) is 4.53. The Morgan fingerprint density at radius 3 is 2.47 bits per heavy atom. The summed E-state index contributed by atoms with van der Waals surface area (Å²) in [5.41, 5.74) is 2.75. The third-order valence-corrected chi connectivity index (χ3v) is 6.44. The summed E-state index contributed by atoms with van der Waals surface area (Å²) in [4.78, 5) is 34.3. The summed E-state index contributed by atoms with van der Waals surface area (Å²) in [6, 6.07) is 7.78. The van der Waals surface area contributed by atoms with Gasteiger partial charge in [-0.05, 0) is 36.0 Å². The second-order valence-electron chi connectivity index (χ2n) is 9.51. The summed E-state index contributed by atoms with van der Waals surface area (Å²) in [5.74, 6) is -2.03. The number of aliphatic hydroxyl groups is 2. The van der Waals surface area contributed by atoms with Gasteiger partial charge in [0.1, 0.15) is 5.76 Å². The number of rotatable bonds is 17. The highest BCUT2D eigenvalue weighted by molar-refractivity contribution is 5.77. The van der Waals surface area contributed by atoms with Crippen LogP contribution in [0.2, 0.25) is 0 Å². The summed E-state index contributed by atoms with van der Waals surface area (Å²) in [5, 5.41) is 30.2. The molecule has 0 bridgehead atoms. The van der Waals surface area contributed by atoms with E-state index < -0.39 is 30.1 Å². The van der Waals surface area contributed by atoms with Crippen LogP contribution in [0.25, 0.3) is 0 Å². The Balaban J connectivity index is 2.06. The number of ether oxygens (including phenoxy) is 3. The van der Waals surface area contributed by atoms with Crippen LogP contribution in [0, 0.1) is 5.92 Å². The normalized spacial score (nSPS) is 18.1. The van der Waals surface area contributed by atoms with Crippen molar-refractivity contribution in [2.75, 3.05) is 14.2 Å². The molecule has 0 unspecified atom stereocenters. The monoisotopic (exact) mass is 532 g/mol. The van der Waals surface area contributed by atoms with Gasteiger partial charge in [-0.1, -0.05) is 49.3 Å². The predicted octanol–water partition coefficient (Wildman–Crippen LogP) is 3.85. The van der Waals surface area contributed by atoms with Gasteiger partial charge in [-0.3, -0.25) is 14.4 Å². The van der Waals surface area contributed by atoms with Crippen LogP contribution in [0.1, 0.15) is 68.9 Å². The zero-order valence-electron chi connectivity index (χ0n) is 22.3. The molecule has 1 aliphatic carbocycles. The van der Waals surface area contributed by atoms with Gasteiger partial charge < -0.3 is 29.5 Å². The van der Waals surface area contributed by atoms with Crippen molar-refractivity contribution in [1.29, 1.82) is 0 Å². The zero-order chi connectivity index (χ0) is 27.9. The topological polar surface area (TPSA) is 140 Å². The van der Waals surface area contributed by atoms with Crippen molar-refractivity contribution < 1.29 is 43.9 Å². The number of carboxylic acid groups (broad SMARTS) is 1. The molecule has 2 rings (SSSR count). The molecule has 0 amide bonds. The van der Waals surface area contributed by atoms with Crippen LogP contribution < -0.4 is 0 Å². The SMILES string of the molecule is COCc1cccc(C[C@@H](O)C=C[C@@H]2C(CCCCCCC(=O)OC)=C(OC(=O)CCC(=O)O)C[C@H]2O)c1. The summed E-state index contributed by atoms with van der Waals surface area (Å²) in [7, 11) is 2.99. The number of unbranched alkanes of at least 4 members (excludes halogenated alkanes) is 3. The lowest BCUT2D eigenvalue weighted by molar-refractivity contribution is -0.145. The summed E-state index contributed by atoms with van der Waals surface area (Å²) >= 11 is 0. The lowest BCUT2D eigenvalue weighted by Gasteiger charge is -2.16. The van der Waals surface area contributed by atoms with Gasteiger partial charge in [0.15, 0.2) is 0 Å². The highest BCUT2D eigenvalue weighted by Gasteiger charge is 2.34. The first kappa shape index (κ1) is 31.2. The maximum absolute atomic E-state index is 12.2. The van der Waals surface area contributed by atoms with Crippen molar-refractivity contribution in [2.45, 2.75) is 83.0 Å². The molecule has 9 heteroatoms. The summed E-state index contributed by atoms with van der Waals surface area (Å²) in [6.07, 6.45) is 5.86. The Bertz CT molecular complexity index is 982. The van der Waals surface area contributed by atoms with Crippen molar-refractivity contribution in [3.05, 3.63) is 58.9 Å². The molecule has 3 atom stereocenters. The number of carbonyl (C=O) groups excluding carboxylic acids is 2. The zero-order valence-corrected chi connectivity index (χ0v) is 22.3. The number of methoxy groups -OCH3 is 2. The molecule has 0 aliphatic heterocycles. The largest absolute Gasteiger partial charge is 0.481 e. The Morgan fingerprint density at radius 2 is 1.76 bits per heavy atom. The summed E-state index contributed by atoms with van der Waals surface area (Å²) in [6.45, 7) is 0.485. The number of carboxylic acids is 1. The van der Waals surface area contributed by atoms with Crippen molar-refractivity contribution in [1.82, 2.24) is 0 Å². The van der Waals surface area contributed by atoms with Gasteiger partial charge in [-0.2, -0.15) is 0 Å². The summed E-state index contributed by atoms with van der Waals surface area (Å²) < 4.78 is 15.3. The molecule has 210 valence electrons. The van der Waals surface area contributed by atoms with Crippen LogP contribution in [-0.4, -0.2) is 59.7 Å². The van der Waals surface area contributed by atoms with Crippen molar-refractivity contribution in [2.24, 2.45) is 5.92 Å². The van der Waals surface area contributed by atoms with Gasteiger partial charge in [0.2, 0.25) is 0 Å². The quantitative estimate of drug-likeness (QED) is 0.155. The highest BCUT2D eigenvalue weighted by atomic mass is 16.5. The number of esters is 2. The lowest BCUT2D eigenvalue weighted by Crippen LogP contribution is -2.16. The molecule has 38 heavy (non-hydrogen) atoms. The van der Waals surface area contributed by atoms with E-state index in [1.807, 2.05) is 24.3 Å². The first-order valence-electron chi connectivity index (χ1n) is 13.1. The highest BCUT2D eigenvalue weighted by Crippen LogP contribution is 2.37. The minimum absolute atomic E-state index is 0.140. The average Bonchev–Trinajstić information content (AvgIpc) is 3.17. The standard InChI is InChI=1S/C29H40O9/c1-36-19-21-9-7-8-20(16-21)17-22(30)12-13-23-24(10-5-3-4-6-11-28(34)37-2)26(18-25(23)31)38-29(35)15-14-27(32)33/h7-9,12-13,16,22-23,25,30-31H,3-6,10-11,14-15,17-19H2,1-2H3,(H,32,33)/t22-,23+,25+/m0/s1. The van der Waals surface area contributed by atoms with Gasteiger partial charge in [-0.15, -0.1) is 0 Å². The molecule has 0 radical (unpaired) electrons. The maximum Gasteiger partial charge on any atom is 0.311 e. The van der Waals surface area contributed by atoms with E-state index in [9.17, 15) is 24.6 Å². The van der Waals surface area contributed by atoms with E-state index in [4.69, 9.17) is 14.6 Å².